The Balaban J connectivity index is 2.31. The van der Waals surface area contributed by atoms with E-state index in [1.165, 1.54) is 6.21 Å². The summed E-state index contributed by atoms with van der Waals surface area (Å²) in [4.78, 5) is 3.45. The molecule has 0 N–H and O–H groups in total. The largest absolute Gasteiger partial charge is 0.524 e. The Bertz CT molecular complexity index is 142. The van der Waals surface area contributed by atoms with Crippen LogP contribution in [0.4, 0.5) is 13.2 Å². The van der Waals surface area contributed by atoms with Crippen molar-refractivity contribution in [3.63, 3.8) is 0 Å². The Morgan fingerprint density at radius 2 is 2.20 bits per heavy atom. The third-order valence-corrected chi connectivity index (χ3v) is 1.08. The van der Waals surface area contributed by atoms with Gasteiger partial charge in [-0.3, -0.25) is 9.73 Å². The minimum Gasteiger partial charge on any atom is -0.266 e. The maximum atomic E-state index is 11.4. The molecule has 0 saturated heterocycles. The van der Waals surface area contributed by atoms with Gasteiger partial charge in [0.15, 0.2) is 6.23 Å². The highest BCUT2D eigenvalue weighted by Gasteiger charge is 2.33. The van der Waals surface area contributed by atoms with Crippen molar-refractivity contribution in [2.75, 3.05) is 0 Å². The van der Waals surface area contributed by atoms with Gasteiger partial charge in [-0.1, -0.05) is 0 Å². The lowest BCUT2D eigenvalue weighted by molar-refractivity contribution is -0.341. The van der Waals surface area contributed by atoms with Gasteiger partial charge in [0.05, 0.1) is 0 Å². The van der Waals surface area contributed by atoms with Crippen molar-refractivity contribution in [2.45, 2.75) is 25.4 Å². The molecule has 58 valence electrons. The molecular weight excluding hydrogens is 147 g/mol. The maximum Gasteiger partial charge on any atom is 0.524 e. The second-order valence-corrected chi connectivity index (χ2v) is 1.93. The number of rotatable bonds is 1. The summed E-state index contributed by atoms with van der Waals surface area (Å²) in [6, 6.07) is 0. The Morgan fingerprint density at radius 3 is 2.60 bits per heavy atom. The number of ether oxygens (including phenoxy) is 1. The van der Waals surface area contributed by atoms with E-state index < -0.39 is 12.6 Å². The molecule has 0 spiro atoms. The summed E-state index contributed by atoms with van der Waals surface area (Å²) in [5.41, 5.74) is 0. The van der Waals surface area contributed by atoms with Crippen LogP contribution in [0.3, 0.4) is 0 Å². The first-order chi connectivity index (χ1) is 4.58. The van der Waals surface area contributed by atoms with E-state index in [0.29, 0.717) is 12.8 Å². The molecule has 1 heterocycles. The second kappa shape index (κ2) is 2.57. The highest BCUT2D eigenvalue weighted by atomic mass is 19.4. The van der Waals surface area contributed by atoms with E-state index in [-0.39, 0.29) is 0 Å². The lowest BCUT2D eigenvalue weighted by Crippen LogP contribution is -2.20. The van der Waals surface area contributed by atoms with Gasteiger partial charge >= 0.3 is 6.36 Å². The molecule has 5 heteroatoms. The Labute approximate surface area is 55.7 Å². The van der Waals surface area contributed by atoms with Crippen molar-refractivity contribution in [3.8, 4) is 0 Å². The molecule has 0 amide bonds. The number of aliphatic imine (C=N–C) groups is 1. The zero-order valence-corrected chi connectivity index (χ0v) is 5.06. The van der Waals surface area contributed by atoms with E-state index in [4.69, 9.17) is 0 Å². The summed E-state index contributed by atoms with van der Waals surface area (Å²) >= 11 is 0. The monoisotopic (exact) mass is 153 g/mol. The van der Waals surface area contributed by atoms with Crippen molar-refractivity contribution < 1.29 is 17.9 Å². The van der Waals surface area contributed by atoms with Crippen LogP contribution in [0.2, 0.25) is 0 Å². The van der Waals surface area contributed by atoms with E-state index in [0.717, 1.165) is 0 Å². The summed E-state index contributed by atoms with van der Waals surface area (Å²) in [6.45, 7) is 0. The molecule has 1 aliphatic rings. The third kappa shape index (κ3) is 2.34. The molecule has 0 aromatic heterocycles. The van der Waals surface area contributed by atoms with Crippen LogP contribution in [0.5, 0.6) is 0 Å². The first-order valence-corrected chi connectivity index (χ1v) is 2.84. The lowest BCUT2D eigenvalue weighted by atomic mass is 10.3. The van der Waals surface area contributed by atoms with E-state index in [9.17, 15) is 13.2 Å². The van der Waals surface area contributed by atoms with Gasteiger partial charge in [0.1, 0.15) is 0 Å². The van der Waals surface area contributed by atoms with E-state index in [1.54, 1.807) is 0 Å². The van der Waals surface area contributed by atoms with E-state index in [1.807, 2.05) is 0 Å². The quantitative estimate of drug-likeness (QED) is 0.562. The topological polar surface area (TPSA) is 21.6 Å². The van der Waals surface area contributed by atoms with Crippen molar-refractivity contribution in [3.05, 3.63) is 0 Å². The van der Waals surface area contributed by atoms with Crippen LogP contribution < -0.4 is 0 Å². The Morgan fingerprint density at radius 1 is 1.50 bits per heavy atom. The summed E-state index contributed by atoms with van der Waals surface area (Å²) in [5.74, 6) is 0. The molecule has 2 nitrogen and oxygen atoms in total. The Kier molecular flexibility index (Phi) is 1.94. The van der Waals surface area contributed by atoms with Gasteiger partial charge in [-0.25, -0.2) is 0 Å². The van der Waals surface area contributed by atoms with Gasteiger partial charge in [0, 0.05) is 6.21 Å². The fourth-order valence-corrected chi connectivity index (χ4v) is 0.727. The average molecular weight is 153 g/mol. The van der Waals surface area contributed by atoms with Crippen LogP contribution in [0, 0.1) is 0 Å². The molecule has 0 aliphatic carbocycles. The zero-order valence-electron chi connectivity index (χ0n) is 5.06. The SMILES string of the molecule is FC(F)(F)OC1CCC=N1. The fraction of sp³-hybridized carbons (Fsp3) is 0.800. The molecule has 0 saturated carbocycles. The van der Waals surface area contributed by atoms with Crippen molar-refractivity contribution >= 4 is 6.21 Å². The van der Waals surface area contributed by atoms with Crippen molar-refractivity contribution in [1.29, 1.82) is 0 Å². The van der Waals surface area contributed by atoms with Crippen molar-refractivity contribution in [1.82, 2.24) is 0 Å². The molecule has 1 rings (SSSR count). The zero-order chi connectivity index (χ0) is 7.61. The summed E-state index contributed by atoms with van der Waals surface area (Å²) < 4.78 is 37.8. The number of hydrogen-bond acceptors (Lipinski definition) is 2. The second-order valence-electron chi connectivity index (χ2n) is 1.93. The van der Waals surface area contributed by atoms with Gasteiger partial charge in [-0.2, -0.15) is 0 Å². The number of nitrogens with zero attached hydrogens (tertiary/aromatic N) is 1. The molecule has 0 bridgehead atoms. The molecule has 0 fully saturated rings. The van der Waals surface area contributed by atoms with Gasteiger partial charge < -0.3 is 0 Å². The first kappa shape index (κ1) is 7.53. The van der Waals surface area contributed by atoms with Crippen LogP contribution in [0.25, 0.3) is 0 Å². The molecule has 0 aromatic rings. The summed E-state index contributed by atoms with van der Waals surface area (Å²) in [5, 5.41) is 0. The van der Waals surface area contributed by atoms with Crippen LogP contribution in [0.1, 0.15) is 12.8 Å². The lowest BCUT2D eigenvalue weighted by Gasteiger charge is -2.10. The predicted molar refractivity (Wildman–Crippen MR) is 28.7 cm³/mol. The molecule has 1 atom stereocenters. The molecule has 0 radical (unpaired) electrons. The first-order valence-electron chi connectivity index (χ1n) is 2.84. The molecule has 10 heavy (non-hydrogen) atoms. The molecule has 1 aliphatic heterocycles. The van der Waals surface area contributed by atoms with Crippen molar-refractivity contribution in [2.24, 2.45) is 4.99 Å². The summed E-state index contributed by atoms with van der Waals surface area (Å²) in [7, 11) is 0. The van der Waals surface area contributed by atoms with E-state index in [2.05, 4.69) is 9.73 Å². The molecule has 1 unspecified atom stereocenters. The smallest absolute Gasteiger partial charge is 0.266 e. The van der Waals surface area contributed by atoms with Gasteiger partial charge in [-0.15, -0.1) is 13.2 Å². The minimum absolute atomic E-state index is 0.333. The molecular formula is C5H6F3NO. The van der Waals surface area contributed by atoms with Gasteiger partial charge in [0.25, 0.3) is 0 Å². The van der Waals surface area contributed by atoms with E-state index >= 15 is 0 Å². The fourth-order valence-electron chi connectivity index (χ4n) is 0.727. The normalized spacial score (nSPS) is 25.7. The third-order valence-electron chi connectivity index (χ3n) is 1.08. The summed E-state index contributed by atoms with van der Waals surface area (Å²) in [6.07, 6.45) is -3.21. The minimum atomic E-state index is -4.55. The van der Waals surface area contributed by atoms with Crippen LogP contribution in [-0.2, 0) is 4.74 Å². The van der Waals surface area contributed by atoms with Crippen LogP contribution in [0.15, 0.2) is 4.99 Å². The number of halogens is 3. The van der Waals surface area contributed by atoms with Gasteiger partial charge in [-0.05, 0) is 12.8 Å². The van der Waals surface area contributed by atoms with Gasteiger partial charge in [0.2, 0.25) is 0 Å². The number of hydrogen-bond donors (Lipinski definition) is 0. The maximum absolute atomic E-state index is 11.4. The average Bonchev–Trinajstić information content (AvgIpc) is 2.12. The number of alkyl halides is 3. The highest BCUT2D eigenvalue weighted by molar-refractivity contribution is 5.59. The Hall–Kier alpha value is -0.580. The predicted octanol–water partition coefficient (Wildman–Crippen LogP) is 1.71. The standard InChI is InChI=1S/C5H6F3NO/c6-5(7,8)10-4-2-1-3-9-4/h3-4H,1-2H2. The van der Waals surface area contributed by atoms with Crippen LogP contribution in [-0.4, -0.2) is 18.8 Å². The highest BCUT2D eigenvalue weighted by Crippen LogP contribution is 2.22. The van der Waals surface area contributed by atoms with Crippen LogP contribution >= 0.6 is 0 Å². The molecule has 0 aromatic carbocycles.